The molecule has 0 unspecified atom stereocenters. The maximum Gasteiger partial charge on any atom is 0.298 e. The van der Waals surface area contributed by atoms with E-state index < -0.39 is 0 Å². The molecular formula is C22H21N3O3S. The third kappa shape index (κ3) is 3.91. The van der Waals surface area contributed by atoms with Gasteiger partial charge in [0.2, 0.25) is 11.5 Å². The quantitative estimate of drug-likeness (QED) is 0.384. The molecule has 0 bridgehead atoms. The van der Waals surface area contributed by atoms with Crippen molar-refractivity contribution in [3.05, 3.63) is 70.5 Å². The van der Waals surface area contributed by atoms with Gasteiger partial charge in [0.15, 0.2) is 5.16 Å². The van der Waals surface area contributed by atoms with E-state index in [0.717, 1.165) is 10.9 Å². The highest BCUT2D eigenvalue weighted by Crippen LogP contribution is 2.28. The van der Waals surface area contributed by atoms with Gasteiger partial charge in [-0.1, -0.05) is 54.2 Å². The molecule has 0 fully saturated rings. The Kier molecular flexibility index (Phi) is 5.40. The second kappa shape index (κ2) is 8.13. The highest BCUT2D eigenvalue weighted by molar-refractivity contribution is 7.99. The van der Waals surface area contributed by atoms with Gasteiger partial charge in [0.05, 0.1) is 5.75 Å². The molecule has 0 saturated heterocycles. The van der Waals surface area contributed by atoms with E-state index >= 15 is 0 Å². The van der Waals surface area contributed by atoms with Gasteiger partial charge in [0.1, 0.15) is 11.1 Å². The van der Waals surface area contributed by atoms with E-state index in [1.54, 1.807) is 4.57 Å². The molecule has 0 aliphatic heterocycles. The molecule has 4 rings (SSSR count). The first-order valence-corrected chi connectivity index (χ1v) is 10.4. The summed E-state index contributed by atoms with van der Waals surface area (Å²) in [5.74, 6) is 0.0633. The summed E-state index contributed by atoms with van der Waals surface area (Å²) in [4.78, 5) is 30.0. The number of hydrogen-bond donors (Lipinski definition) is 1. The lowest BCUT2D eigenvalue weighted by molar-refractivity contribution is -0.118. The Morgan fingerprint density at radius 2 is 1.86 bits per heavy atom. The monoisotopic (exact) mass is 407 g/mol. The number of nitrogens with zero attached hydrogens (tertiary/aromatic N) is 2. The van der Waals surface area contributed by atoms with Crippen LogP contribution in [0, 0.1) is 0 Å². The predicted molar refractivity (Wildman–Crippen MR) is 115 cm³/mol. The van der Waals surface area contributed by atoms with E-state index in [9.17, 15) is 9.59 Å². The minimum absolute atomic E-state index is 0.109. The highest BCUT2D eigenvalue weighted by atomic mass is 32.2. The number of fused-ring (bicyclic) bond motifs is 3. The first-order valence-electron chi connectivity index (χ1n) is 9.42. The van der Waals surface area contributed by atoms with Crippen LogP contribution < -0.4 is 10.9 Å². The van der Waals surface area contributed by atoms with Crippen LogP contribution in [0.25, 0.3) is 22.1 Å². The molecule has 2 aromatic heterocycles. The summed E-state index contributed by atoms with van der Waals surface area (Å²) >= 11 is 1.26. The summed E-state index contributed by atoms with van der Waals surface area (Å²) in [6.07, 6.45) is 0. The van der Waals surface area contributed by atoms with Crippen molar-refractivity contribution >= 4 is 39.7 Å². The van der Waals surface area contributed by atoms with Crippen molar-refractivity contribution < 1.29 is 9.21 Å². The zero-order chi connectivity index (χ0) is 20.4. The molecule has 2 aromatic carbocycles. The number of hydrogen-bond acceptors (Lipinski definition) is 5. The molecule has 148 valence electrons. The Hall–Kier alpha value is -3.06. The molecule has 4 aromatic rings. The summed E-state index contributed by atoms with van der Waals surface area (Å²) in [7, 11) is 0. The topological polar surface area (TPSA) is 77.1 Å². The molecule has 29 heavy (non-hydrogen) atoms. The number of amides is 1. The summed E-state index contributed by atoms with van der Waals surface area (Å²) < 4.78 is 7.34. The Labute approximate surface area is 171 Å². The Balaban J connectivity index is 1.60. The number of carbonyl (C=O) groups is 1. The van der Waals surface area contributed by atoms with Crippen LogP contribution >= 0.6 is 11.8 Å². The number of thioether (sulfide) groups is 1. The zero-order valence-electron chi connectivity index (χ0n) is 16.2. The van der Waals surface area contributed by atoms with Crippen molar-refractivity contribution in [1.29, 1.82) is 0 Å². The van der Waals surface area contributed by atoms with Gasteiger partial charge >= 0.3 is 0 Å². The van der Waals surface area contributed by atoms with Crippen LogP contribution in [0.1, 0.15) is 25.5 Å². The average molecular weight is 407 g/mol. The third-order valence-electron chi connectivity index (χ3n) is 4.58. The van der Waals surface area contributed by atoms with E-state index in [2.05, 4.69) is 10.3 Å². The highest BCUT2D eigenvalue weighted by Gasteiger charge is 2.19. The number of rotatable bonds is 6. The van der Waals surface area contributed by atoms with Crippen LogP contribution in [-0.4, -0.2) is 21.2 Å². The van der Waals surface area contributed by atoms with Gasteiger partial charge in [0.25, 0.3) is 5.56 Å². The summed E-state index contributed by atoms with van der Waals surface area (Å²) in [5.41, 5.74) is 2.22. The van der Waals surface area contributed by atoms with Crippen molar-refractivity contribution in [3.63, 3.8) is 0 Å². The fourth-order valence-electron chi connectivity index (χ4n) is 3.17. The van der Waals surface area contributed by atoms with Crippen molar-refractivity contribution in [3.8, 4) is 0 Å². The maximum absolute atomic E-state index is 13.0. The first kappa shape index (κ1) is 19.3. The SMILES string of the molecule is CC(C)n1c(SCC(=O)NCc2ccccc2)nc2c(oc3ccccc32)c1=O. The standard InChI is InChI=1S/C22H21N3O3S/c1-14(2)25-21(27)20-19(16-10-6-7-11-17(16)28-20)24-22(25)29-13-18(26)23-12-15-8-4-3-5-9-15/h3-11,14H,12-13H2,1-2H3,(H,23,26). The van der Waals surface area contributed by atoms with Crippen molar-refractivity contribution in [2.75, 3.05) is 5.75 Å². The number of nitrogens with one attached hydrogen (secondary N) is 1. The van der Waals surface area contributed by atoms with Crippen LogP contribution in [0.2, 0.25) is 0 Å². The first-order chi connectivity index (χ1) is 14.0. The molecule has 1 amide bonds. The van der Waals surface area contributed by atoms with E-state index in [4.69, 9.17) is 4.42 Å². The lowest BCUT2D eigenvalue weighted by atomic mass is 10.2. The smallest absolute Gasteiger partial charge is 0.298 e. The Morgan fingerprint density at radius 3 is 2.62 bits per heavy atom. The van der Waals surface area contributed by atoms with E-state index in [1.807, 2.05) is 68.4 Å². The molecule has 0 radical (unpaired) electrons. The lowest BCUT2D eigenvalue weighted by Gasteiger charge is -2.14. The van der Waals surface area contributed by atoms with Crippen LogP contribution in [-0.2, 0) is 11.3 Å². The molecule has 0 spiro atoms. The molecule has 1 N–H and O–H groups in total. The van der Waals surface area contributed by atoms with Gasteiger partial charge in [-0.05, 0) is 31.5 Å². The molecule has 0 aliphatic carbocycles. The zero-order valence-corrected chi connectivity index (χ0v) is 17.0. The Bertz CT molecular complexity index is 1230. The van der Waals surface area contributed by atoms with Gasteiger partial charge in [-0.2, -0.15) is 0 Å². The number of aromatic nitrogens is 2. The number of benzene rings is 2. The van der Waals surface area contributed by atoms with Crippen molar-refractivity contribution in [2.45, 2.75) is 31.6 Å². The van der Waals surface area contributed by atoms with Gasteiger partial charge in [-0.15, -0.1) is 0 Å². The fourth-order valence-corrected chi connectivity index (χ4v) is 4.12. The molecule has 6 nitrogen and oxygen atoms in total. The second-order valence-electron chi connectivity index (χ2n) is 6.99. The molecule has 0 atom stereocenters. The van der Waals surface area contributed by atoms with Crippen LogP contribution in [0.5, 0.6) is 0 Å². The molecular weight excluding hydrogens is 386 g/mol. The van der Waals surface area contributed by atoms with Crippen LogP contribution in [0.3, 0.4) is 0 Å². The largest absolute Gasteiger partial charge is 0.448 e. The van der Waals surface area contributed by atoms with Gasteiger partial charge < -0.3 is 9.73 Å². The third-order valence-corrected chi connectivity index (χ3v) is 5.53. The normalized spacial score (nSPS) is 11.4. The van der Waals surface area contributed by atoms with E-state index in [1.165, 1.54) is 11.8 Å². The molecule has 2 heterocycles. The molecule has 7 heteroatoms. The minimum Gasteiger partial charge on any atom is -0.448 e. The average Bonchev–Trinajstić information content (AvgIpc) is 3.10. The number of furan rings is 1. The van der Waals surface area contributed by atoms with Crippen molar-refractivity contribution in [2.24, 2.45) is 0 Å². The van der Waals surface area contributed by atoms with Gasteiger partial charge in [0, 0.05) is 18.0 Å². The molecule has 0 saturated carbocycles. The predicted octanol–water partition coefficient (Wildman–Crippen LogP) is 4.13. The number of para-hydroxylation sites is 1. The summed E-state index contributed by atoms with van der Waals surface area (Å²) in [6.45, 7) is 4.30. The minimum atomic E-state index is -0.228. The lowest BCUT2D eigenvalue weighted by Crippen LogP contribution is -2.27. The van der Waals surface area contributed by atoms with E-state index in [-0.39, 0.29) is 28.8 Å². The van der Waals surface area contributed by atoms with Crippen molar-refractivity contribution in [1.82, 2.24) is 14.9 Å². The summed E-state index contributed by atoms with van der Waals surface area (Å²) in [6, 6.07) is 17.1. The van der Waals surface area contributed by atoms with Gasteiger partial charge in [-0.3, -0.25) is 14.2 Å². The second-order valence-corrected chi connectivity index (χ2v) is 7.93. The number of carbonyl (C=O) groups excluding carboxylic acids is 1. The Morgan fingerprint density at radius 1 is 1.14 bits per heavy atom. The summed E-state index contributed by atoms with van der Waals surface area (Å²) in [5, 5.41) is 4.21. The van der Waals surface area contributed by atoms with Crippen LogP contribution in [0.4, 0.5) is 0 Å². The molecule has 0 aliphatic rings. The maximum atomic E-state index is 13.0. The van der Waals surface area contributed by atoms with Crippen LogP contribution in [0.15, 0.2) is 69.0 Å². The van der Waals surface area contributed by atoms with E-state index in [0.29, 0.717) is 22.8 Å². The fraction of sp³-hybridized carbons (Fsp3) is 0.227. The van der Waals surface area contributed by atoms with Gasteiger partial charge in [-0.25, -0.2) is 4.98 Å².